The monoisotopic (exact) mass is 232 g/mol. The normalized spacial score (nSPS) is 10.5. The number of aryl methyl sites for hydroxylation is 2. The number of nitrogens with zero attached hydrogens (tertiary/aromatic N) is 2. The van der Waals surface area contributed by atoms with Gasteiger partial charge in [0.1, 0.15) is 5.75 Å². The molecule has 1 aromatic carbocycles. The van der Waals surface area contributed by atoms with E-state index in [0.717, 1.165) is 16.9 Å². The molecule has 0 unspecified atom stereocenters. The molecule has 2 N–H and O–H groups in total. The SMILES string of the molecule is Cc1cc(O)ccc1-n1nc(C(=O)O)cc1C. The van der Waals surface area contributed by atoms with E-state index in [1.807, 2.05) is 6.92 Å². The van der Waals surface area contributed by atoms with Crippen LogP contribution in [0.2, 0.25) is 0 Å². The minimum Gasteiger partial charge on any atom is -0.508 e. The lowest BCUT2D eigenvalue weighted by atomic mass is 10.2. The number of benzene rings is 1. The number of aromatic nitrogens is 2. The molecule has 2 rings (SSSR count). The number of carbonyl (C=O) groups is 1. The van der Waals surface area contributed by atoms with Crippen molar-refractivity contribution >= 4 is 5.97 Å². The van der Waals surface area contributed by atoms with Gasteiger partial charge in [-0.1, -0.05) is 0 Å². The van der Waals surface area contributed by atoms with Crippen molar-refractivity contribution in [1.82, 2.24) is 9.78 Å². The maximum Gasteiger partial charge on any atom is 0.356 e. The van der Waals surface area contributed by atoms with Gasteiger partial charge < -0.3 is 10.2 Å². The summed E-state index contributed by atoms with van der Waals surface area (Å²) in [6, 6.07) is 6.37. The maximum atomic E-state index is 10.8. The Labute approximate surface area is 97.9 Å². The van der Waals surface area contributed by atoms with Crippen molar-refractivity contribution in [1.29, 1.82) is 0 Å². The standard InChI is InChI=1S/C12H12N2O3/c1-7-5-9(15)3-4-11(7)14-8(2)6-10(13-14)12(16)17/h3-6,15H,1-2H3,(H,16,17). The highest BCUT2D eigenvalue weighted by molar-refractivity contribution is 5.85. The number of aromatic hydroxyl groups is 1. The van der Waals surface area contributed by atoms with Crippen molar-refractivity contribution < 1.29 is 15.0 Å². The highest BCUT2D eigenvalue weighted by Crippen LogP contribution is 2.20. The second kappa shape index (κ2) is 3.93. The topological polar surface area (TPSA) is 75.3 Å². The summed E-state index contributed by atoms with van der Waals surface area (Å²) >= 11 is 0. The summed E-state index contributed by atoms with van der Waals surface area (Å²) in [4.78, 5) is 10.8. The van der Waals surface area contributed by atoms with Crippen LogP contribution in [0, 0.1) is 13.8 Å². The number of hydrogen-bond donors (Lipinski definition) is 2. The molecular formula is C12H12N2O3. The highest BCUT2D eigenvalue weighted by Gasteiger charge is 2.12. The van der Waals surface area contributed by atoms with Crippen LogP contribution in [0.4, 0.5) is 0 Å². The molecule has 17 heavy (non-hydrogen) atoms. The number of aromatic carboxylic acids is 1. The Balaban J connectivity index is 2.56. The van der Waals surface area contributed by atoms with Gasteiger partial charge in [0.05, 0.1) is 5.69 Å². The summed E-state index contributed by atoms with van der Waals surface area (Å²) in [5.74, 6) is -0.877. The third-order valence-electron chi connectivity index (χ3n) is 2.52. The maximum absolute atomic E-state index is 10.8. The molecule has 0 radical (unpaired) electrons. The van der Waals surface area contributed by atoms with Gasteiger partial charge in [-0.25, -0.2) is 9.48 Å². The quantitative estimate of drug-likeness (QED) is 0.829. The molecule has 0 amide bonds. The molecule has 0 saturated heterocycles. The molecule has 2 aromatic rings. The van der Waals surface area contributed by atoms with Gasteiger partial charge in [-0.2, -0.15) is 5.10 Å². The fraction of sp³-hybridized carbons (Fsp3) is 0.167. The van der Waals surface area contributed by atoms with E-state index in [0.29, 0.717) is 0 Å². The van der Waals surface area contributed by atoms with Crippen LogP contribution in [-0.2, 0) is 0 Å². The zero-order valence-electron chi connectivity index (χ0n) is 9.51. The van der Waals surface area contributed by atoms with E-state index < -0.39 is 5.97 Å². The first-order chi connectivity index (χ1) is 7.99. The largest absolute Gasteiger partial charge is 0.508 e. The molecule has 0 aliphatic carbocycles. The van der Waals surface area contributed by atoms with Gasteiger partial charge in [-0.3, -0.25) is 0 Å². The molecule has 1 aromatic heterocycles. The van der Waals surface area contributed by atoms with Crippen molar-refractivity contribution in [3.63, 3.8) is 0 Å². The number of phenolic OH excluding ortho intramolecular Hbond substituents is 1. The van der Waals surface area contributed by atoms with Gasteiger partial charge in [-0.05, 0) is 43.7 Å². The Bertz CT molecular complexity index is 587. The summed E-state index contributed by atoms with van der Waals surface area (Å²) < 4.78 is 1.55. The van der Waals surface area contributed by atoms with Gasteiger partial charge >= 0.3 is 5.97 Å². The summed E-state index contributed by atoms with van der Waals surface area (Å²) in [6.45, 7) is 3.61. The molecule has 88 valence electrons. The van der Waals surface area contributed by atoms with Crippen LogP contribution in [0.3, 0.4) is 0 Å². The van der Waals surface area contributed by atoms with Crippen molar-refractivity contribution in [3.8, 4) is 11.4 Å². The van der Waals surface area contributed by atoms with Gasteiger partial charge in [0, 0.05) is 5.69 Å². The van der Waals surface area contributed by atoms with E-state index in [9.17, 15) is 9.90 Å². The summed E-state index contributed by atoms with van der Waals surface area (Å²) in [7, 11) is 0. The van der Waals surface area contributed by atoms with Crippen LogP contribution >= 0.6 is 0 Å². The second-order valence-corrected chi connectivity index (χ2v) is 3.86. The molecule has 0 spiro atoms. The number of carboxylic acid groups (broad SMARTS) is 1. The first-order valence-electron chi connectivity index (χ1n) is 5.09. The fourth-order valence-electron chi connectivity index (χ4n) is 1.70. The predicted octanol–water partition coefficient (Wildman–Crippen LogP) is 1.89. The molecule has 0 aliphatic heterocycles. The lowest BCUT2D eigenvalue weighted by molar-refractivity contribution is 0.0690. The first kappa shape index (κ1) is 11.2. The van der Waals surface area contributed by atoms with Crippen LogP contribution in [0.5, 0.6) is 5.75 Å². The summed E-state index contributed by atoms with van der Waals surface area (Å²) in [5.41, 5.74) is 2.33. The van der Waals surface area contributed by atoms with Crippen LogP contribution in [0.25, 0.3) is 5.69 Å². The smallest absolute Gasteiger partial charge is 0.356 e. The third kappa shape index (κ3) is 1.99. The van der Waals surface area contributed by atoms with Gasteiger partial charge in [-0.15, -0.1) is 0 Å². The number of hydrogen-bond acceptors (Lipinski definition) is 3. The summed E-state index contributed by atoms with van der Waals surface area (Å²) in [6.07, 6.45) is 0. The second-order valence-electron chi connectivity index (χ2n) is 3.86. The van der Waals surface area contributed by atoms with Crippen molar-refractivity contribution in [2.75, 3.05) is 0 Å². The third-order valence-corrected chi connectivity index (χ3v) is 2.52. The number of carboxylic acids is 1. The van der Waals surface area contributed by atoms with E-state index in [-0.39, 0.29) is 11.4 Å². The van der Waals surface area contributed by atoms with Crippen molar-refractivity contribution in [3.05, 3.63) is 41.2 Å². The summed E-state index contributed by atoms with van der Waals surface area (Å²) in [5, 5.41) is 22.2. The van der Waals surface area contributed by atoms with Crippen LogP contribution in [0.15, 0.2) is 24.3 Å². The van der Waals surface area contributed by atoms with E-state index in [1.165, 1.54) is 6.07 Å². The van der Waals surface area contributed by atoms with Crippen molar-refractivity contribution in [2.24, 2.45) is 0 Å². The molecule has 5 nitrogen and oxygen atoms in total. The fourth-order valence-corrected chi connectivity index (χ4v) is 1.70. The van der Waals surface area contributed by atoms with Crippen molar-refractivity contribution in [2.45, 2.75) is 13.8 Å². The lowest BCUT2D eigenvalue weighted by Crippen LogP contribution is -2.03. The highest BCUT2D eigenvalue weighted by atomic mass is 16.4. The van der Waals surface area contributed by atoms with Crippen LogP contribution < -0.4 is 0 Å². The molecular weight excluding hydrogens is 220 g/mol. The molecule has 0 aliphatic rings. The number of rotatable bonds is 2. The molecule has 0 atom stereocenters. The minimum atomic E-state index is -1.05. The Morgan fingerprint density at radius 1 is 1.29 bits per heavy atom. The Kier molecular flexibility index (Phi) is 2.59. The van der Waals surface area contributed by atoms with E-state index >= 15 is 0 Å². The van der Waals surface area contributed by atoms with Gasteiger partial charge in [0.2, 0.25) is 0 Å². The minimum absolute atomic E-state index is 0.00924. The average Bonchev–Trinajstić information content (AvgIpc) is 2.61. The van der Waals surface area contributed by atoms with E-state index in [2.05, 4.69) is 5.10 Å². The zero-order valence-corrected chi connectivity index (χ0v) is 9.51. The molecule has 5 heteroatoms. The lowest BCUT2D eigenvalue weighted by Gasteiger charge is -2.08. The van der Waals surface area contributed by atoms with Crippen LogP contribution in [-0.4, -0.2) is 26.0 Å². The zero-order chi connectivity index (χ0) is 12.6. The molecule has 0 bridgehead atoms. The van der Waals surface area contributed by atoms with Gasteiger partial charge in [0.15, 0.2) is 5.69 Å². The predicted molar refractivity (Wildman–Crippen MR) is 61.7 cm³/mol. The average molecular weight is 232 g/mol. The van der Waals surface area contributed by atoms with E-state index in [4.69, 9.17) is 5.11 Å². The molecule has 0 fully saturated rings. The van der Waals surface area contributed by atoms with Crippen LogP contribution in [0.1, 0.15) is 21.7 Å². The van der Waals surface area contributed by atoms with Gasteiger partial charge in [0.25, 0.3) is 0 Å². The molecule has 1 heterocycles. The Morgan fingerprint density at radius 2 is 2.00 bits per heavy atom. The molecule has 0 saturated carbocycles. The number of phenols is 1. The van der Waals surface area contributed by atoms with E-state index in [1.54, 1.807) is 29.8 Å². The Hall–Kier alpha value is -2.30. The Morgan fingerprint density at radius 3 is 2.53 bits per heavy atom. The first-order valence-corrected chi connectivity index (χ1v) is 5.09.